The summed E-state index contributed by atoms with van der Waals surface area (Å²) in [7, 11) is 0. The molecule has 3 heterocycles. The molecule has 36 heavy (non-hydrogen) atoms. The quantitative estimate of drug-likeness (QED) is 0.445. The number of amides is 1. The second kappa shape index (κ2) is 10.9. The van der Waals surface area contributed by atoms with E-state index in [0.717, 1.165) is 61.4 Å². The highest BCUT2D eigenvalue weighted by molar-refractivity contribution is 6.35. The average Bonchev–Trinajstić information content (AvgIpc) is 3.52. The predicted octanol–water partition coefficient (Wildman–Crippen LogP) is 4.33. The lowest BCUT2D eigenvalue weighted by atomic mass is 10.0. The van der Waals surface area contributed by atoms with E-state index in [0.29, 0.717) is 33.9 Å². The minimum Gasteiger partial charge on any atom is -0.355 e. The highest BCUT2D eigenvalue weighted by atomic mass is 35.5. The largest absolute Gasteiger partial charge is 0.355 e. The molecule has 0 radical (unpaired) electrons. The Kier molecular flexibility index (Phi) is 7.46. The Balaban J connectivity index is 1.63. The molecule has 1 fully saturated rings. The highest BCUT2D eigenvalue weighted by Gasteiger charge is 2.27. The molecule has 1 amide bonds. The normalized spacial score (nSPS) is 15.9. The van der Waals surface area contributed by atoms with Crippen molar-refractivity contribution < 1.29 is 4.79 Å². The summed E-state index contributed by atoms with van der Waals surface area (Å²) in [4.78, 5) is 18.0. The number of guanidine groups is 1. The number of carbonyl (C=O) groups is 1. The Bertz CT molecular complexity index is 1280. The third-order valence-corrected chi connectivity index (χ3v) is 6.92. The molecular formula is C26H29Cl2N7O. The fourth-order valence-corrected chi connectivity index (χ4v) is 5.01. The molecule has 2 aromatic carbocycles. The molecule has 0 spiro atoms. The van der Waals surface area contributed by atoms with Crippen molar-refractivity contribution in [3.8, 4) is 16.9 Å². The van der Waals surface area contributed by atoms with Crippen molar-refractivity contribution >= 4 is 35.1 Å². The minimum absolute atomic E-state index is 0.243. The fourth-order valence-electron chi connectivity index (χ4n) is 4.53. The second-order valence-corrected chi connectivity index (χ2v) is 9.89. The summed E-state index contributed by atoms with van der Waals surface area (Å²) in [5, 5.41) is 14.4. The van der Waals surface area contributed by atoms with Crippen LogP contribution in [-0.2, 0) is 6.54 Å². The smallest absolute Gasteiger partial charge is 0.286 e. The van der Waals surface area contributed by atoms with Gasteiger partial charge < -0.3 is 10.6 Å². The van der Waals surface area contributed by atoms with Gasteiger partial charge >= 0.3 is 0 Å². The number of benzene rings is 2. The molecule has 0 bridgehead atoms. The number of nitrogens with one attached hydrogen (secondary N) is 3. The number of piperidine rings is 1. The van der Waals surface area contributed by atoms with Gasteiger partial charge in [-0.25, -0.2) is 9.69 Å². The number of nitrogens with zero attached hydrogens (tertiary/aromatic N) is 4. The lowest BCUT2D eigenvalue weighted by Crippen LogP contribution is -2.45. The number of hydrogen-bond acceptors (Lipinski definition) is 6. The lowest BCUT2D eigenvalue weighted by molar-refractivity contribution is 0.0743. The van der Waals surface area contributed by atoms with Gasteiger partial charge in [0.1, 0.15) is 0 Å². The van der Waals surface area contributed by atoms with Crippen molar-refractivity contribution in [2.75, 3.05) is 26.2 Å². The Morgan fingerprint density at radius 2 is 1.86 bits per heavy atom. The molecule has 8 nitrogen and oxygen atoms in total. The number of aliphatic imine (C=N–C) groups is 1. The molecule has 0 saturated carbocycles. The number of hydrazine groups is 1. The molecule has 2 aliphatic rings. The third-order valence-electron chi connectivity index (χ3n) is 6.38. The molecule has 2 aliphatic heterocycles. The van der Waals surface area contributed by atoms with Crippen LogP contribution >= 0.6 is 23.2 Å². The van der Waals surface area contributed by atoms with Gasteiger partial charge in [-0.1, -0.05) is 59.5 Å². The van der Waals surface area contributed by atoms with Crippen LogP contribution in [0.15, 0.2) is 47.5 Å². The van der Waals surface area contributed by atoms with Gasteiger partial charge in [-0.2, -0.15) is 5.10 Å². The van der Waals surface area contributed by atoms with E-state index in [1.807, 2.05) is 42.3 Å². The maximum absolute atomic E-state index is 13.6. The van der Waals surface area contributed by atoms with Crippen molar-refractivity contribution in [2.24, 2.45) is 4.99 Å². The minimum atomic E-state index is -0.243. The molecule has 3 N–H and O–H groups in total. The van der Waals surface area contributed by atoms with Gasteiger partial charge in [0.25, 0.3) is 5.91 Å². The molecule has 188 valence electrons. The summed E-state index contributed by atoms with van der Waals surface area (Å²) in [6.07, 6.45) is 3.30. The predicted molar refractivity (Wildman–Crippen MR) is 144 cm³/mol. The second-order valence-electron chi connectivity index (χ2n) is 9.05. The highest BCUT2D eigenvalue weighted by Crippen LogP contribution is 2.33. The van der Waals surface area contributed by atoms with Crippen LogP contribution in [0.25, 0.3) is 16.9 Å². The first kappa shape index (κ1) is 24.6. The zero-order chi connectivity index (χ0) is 25.1. The number of aryl methyl sites for hydroxylation is 1. The van der Waals surface area contributed by atoms with Crippen molar-refractivity contribution in [2.45, 2.75) is 32.7 Å². The first-order chi connectivity index (χ1) is 17.5. The molecule has 1 aromatic heterocycles. The van der Waals surface area contributed by atoms with Gasteiger partial charge in [-0.15, -0.1) is 0 Å². The van der Waals surface area contributed by atoms with Crippen LogP contribution in [0.1, 0.15) is 40.9 Å². The Morgan fingerprint density at radius 3 is 2.56 bits per heavy atom. The van der Waals surface area contributed by atoms with Gasteiger partial charge in [0.2, 0.25) is 0 Å². The monoisotopic (exact) mass is 525 g/mol. The van der Waals surface area contributed by atoms with Crippen LogP contribution in [0.5, 0.6) is 0 Å². The Morgan fingerprint density at radius 1 is 1.08 bits per heavy atom. The van der Waals surface area contributed by atoms with Gasteiger partial charge in [0.05, 0.1) is 22.9 Å². The van der Waals surface area contributed by atoms with E-state index in [9.17, 15) is 4.79 Å². The molecule has 3 aromatic rings. The van der Waals surface area contributed by atoms with Gasteiger partial charge in [0.15, 0.2) is 11.7 Å². The molecule has 1 saturated heterocycles. The van der Waals surface area contributed by atoms with Gasteiger partial charge in [-0.3, -0.25) is 15.2 Å². The first-order valence-corrected chi connectivity index (χ1v) is 13.0. The SMILES string of the molecule is Cc1ccc(-c2c(CNC3=NCCN3)c(C(=O)NN3CCCCC3)nn2-c2ccc(Cl)cc2Cl)cc1. The van der Waals surface area contributed by atoms with E-state index >= 15 is 0 Å². The number of halogens is 2. The standard InChI is InChI=1S/C26H29Cl2N7O/c1-17-5-7-18(8-6-17)24-20(16-31-26-29-11-12-30-26)23(25(36)33-34-13-3-2-4-14-34)32-35(24)22-10-9-19(27)15-21(22)28/h5-10,15H,2-4,11-14,16H2,1H3,(H,33,36)(H2,29,30,31). The van der Waals surface area contributed by atoms with Crippen molar-refractivity contribution in [1.82, 2.24) is 30.8 Å². The van der Waals surface area contributed by atoms with E-state index in [-0.39, 0.29) is 5.91 Å². The Hall–Kier alpha value is -3.07. The van der Waals surface area contributed by atoms with Crippen LogP contribution in [-0.4, -0.2) is 52.8 Å². The third kappa shape index (κ3) is 5.36. The van der Waals surface area contributed by atoms with E-state index in [4.69, 9.17) is 28.3 Å². The number of hydrogen-bond donors (Lipinski definition) is 3. The lowest BCUT2D eigenvalue weighted by Gasteiger charge is -2.26. The number of carbonyl (C=O) groups excluding carboxylic acids is 1. The van der Waals surface area contributed by atoms with E-state index in [1.165, 1.54) is 6.42 Å². The topological polar surface area (TPSA) is 86.6 Å². The first-order valence-electron chi connectivity index (χ1n) is 12.2. The summed E-state index contributed by atoms with van der Waals surface area (Å²) < 4.78 is 1.75. The van der Waals surface area contributed by atoms with Crippen LogP contribution in [0.3, 0.4) is 0 Å². The van der Waals surface area contributed by atoms with Crippen LogP contribution in [0.4, 0.5) is 0 Å². The maximum Gasteiger partial charge on any atom is 0.286 e. The van der Waals surface area contributed by atoms with Crippen molar-refractivity contribution in [3.63, 3.8) is 0 Å². The molecule has 10 heteroatoms. The van der Waals surface area contributed by atoms with Gasteiger partial charge in [-0.05, 0) is 38.0 Å². The zero-order valence-corrected chi connectivity index (χ0v) is 21.7. The molecule has 5 rings (SSSR count). The maximum atomic E-state index is 13.6. The van der Waals surface area contributed by atoms with Crippen molar-refractivity contribution in [3.05, 3.63) is 69.3 Å². The molecule has 0 aliphatic carbocycles. The van der Waals surface area contributed by atoms with Crippen LogP contribution in [0, 0.1) is 6.92 Å². The number of aromatic nitrogens is 2. The van der Waals surface area contributed by atoms with E-state index in [1.54, 1.807) is 16.8 Å². The number of rotatable bonds is 6. The summed E-state index contributed by atoms with van der Waals surface area (Å²) in [5.74, 6) is 0.469. The van der Waals surface area contributed by atoms with Crippen molar-refractivity contribution in [1.29, 1.82) is 0 Å². The fraction of sp³-hybridized carbons (Fsp3) is 0.346. The average molecular weight is 526 g/mol. The zero-order valence-electron chi connectivity index (χ0n) is 20.2. The molecule has 0 unspecified atom stereocenters. The van der Waals surface area contributed by atoms with Crippen LogP contribution in [0.2, 0.25) is 10.0 Å². The summed E-state index contributed by atoms with van der Waals surface area (Å²) >= 11 is 12.8. The van der Waals surface area contributed by atoms with Crippen LogP contribution < -0.4 is 16.1 Å². The van der Waals surface area contributed by atoms with E-state index < -0.39 is 0 Å². The Labute approximate surface area is 220 Å². The summed E-state index contributed by atoms with van der Waals surface area (Å²) in [6.45, 7) is 5.57. The molecule has 0 atom stereocenters. The summed E-state index contributed by atoms with van der Waals surface area (Å²) in [6, 6.07) is 13.4. The molecular weight excluding hydrogens is 497 g/mol. The van der Waals surface area contributed by atoms with Gasteiger partial charge in [0, 0.05) is 42.3 Å². The summed E-state index contributed by atoms with van der Waals surface area (Å²) in [5.41, 5.74) is 7.67. The van der Waals surface area contributed by atoms with E-state index in [2.05, 4.69) is 21.1 Å².